The van der Waals surface area contributed by atoms with Crippen LogP contribution in [0.1, 0.15) is 36.8 Å². The first-order valence-corrected chi connectivity index (χ1v) is 8.49. The molecule has 22 heavy (non-hydrogen) atoms. The van der Waals surface area contributed by atoms with Crippen molar-refractivity contribution < 1.29 is 9.90 Å². The number of nitrogens with zero attached hydrogens (tertiary/aromatic N) is 1. The van der Waals surface area contributed by atoms with Gasteiger partial charge in [-0.25, -0.2) is 4.79 Å². The number of hydrogen-bond acceptors (Lipinski definition) is 2. The lowest BCUT2D eigenvalue weighted by Gasteiger charge is -2.31. The van der Waals surface area contributed by atoms with E-state index in [4.69, 9.17) is 16.7 Å². The zero-order chi connectivity index (χ0) is 15.5. The largest absolute Gasteiger partial charge is 0.396 e. The van der Waals surface area contributed by atoms with Crippen LogP contribution in [0.3, 0.4) is 0 Å². The van der Waals surface area contributed by atoms with Crippen LogP contribution in [0.25, 0.3) is 0 Å². The Kier molecular flexibility index (Phi) is 4.89. The van der Waals surface area contributed by atoms with Gasteiger partial charge in [0.05, 0.1) is 0 Å². The third-order valence-corrected chi connectivity index (χ3v) is 5.17. The first-order chi connectivity index (χ1) is 10.7. The normalized spacial score (nSPS) is 24.2. The van der Waals surface area contributed by atoms with Crippen LogP contribution in [-0.4, -0.2) is 35.2 Å². The Labute approximate surface area is 136 Å². The number of amides is 2. The van der Waals surface area contributed by atoms with Crippen LogP contribution < -0.4 is 5.32 Å². The van der Waals surface area contributed by atoms with Crippen molar-refractivity contribution in [2.45, 2.75) is 44.7 Å². The van der Waals surface area contributed by atoms with E-state index in [1.165, 1.54) is 11.1 Å². The van der Waals surface area contributed by atoms with E-state index in [1.54, 1.807) is 0 Å². The molecular weight excluding hydrogens is 300 g/mol. The first kappa shape index (κ1) is 15.6. The highest BCUT2D eigenvalue weighted by atomic mass is 35.5. The lowest BCUT2D eigenvalue weighted by atomic mass is 9.99. The summed E-state index contributed by atoms with van der Waals surface area (Å²) in [5, 5.41) is 13.1. The molecule has 3 rings (SSSR count). The smallest absolute Gasteiger partial charge is 0.317 e. The second kappa shape index (κ2) is 6.88. The van der Waals surface area contributed by atoms with Gasteiger partial charge in [-0.3, -0.25) is 0 Å². The summed E-state index contributed by atoms with van der Waals surface area (Å²) in [5.41, 5.74) is 2.43. The molecule has 4 nitrogen and oxygen atoms in total. The molecule has 0 bridgehead atoms. The van der Waals surface area contributed by atoms with Crippen LogP contribution in [0.15, 0.2) is 18.2 Å². The summed E-state index contributed by atoms with van der Waals surface area (Å²) in [4.78, 5) is 14.4. The fourth-order valence-electron chi connectivity index (χ4n) is 3.68. The Hall–Kier alpha value is -1.26. The highest BCUT2D eigenvalue weighted by molar-refractivity contribution is 6.30. The second-order valence-corrected chi connectivity index (χ2v) is 6.78. The van der Waals surface area contributed by atoms with Crippen molar-refractivity contribution in [3.8, 4) is 0 Å². The SMILES string of the molecule is O=C(NC1CCCC1CCO)N1CCc2cc(Cl)ccc2C1. The van der Waals surface area contributed by atoms with Crippen molar-refractivity contribution in [1.82, 2.24) is 10.2 Å². The fourth-order valence-corrected chi connectivity index (χ4v) is 3.88. The number of rotatable bonds is 3. The third-order valence-electron chi connectivity index (χ3n) is 4.94. The summed E-state index contributed by atoms with van der Waals surface area (Å²) in [6.45, 7) is 1.58. The minimum atomic E-state index is 0.0236. The van der Waals surface area contributed by atoms with E-state index in [0.29, 0.717) is 12.5 Å². The zero-order valence-corrected chi connectivity index (χ0v) is 13.5. The minimum Gasteiger partial charge on any atom is -0.396 e. The van der Waals surface area contributed by atoms with Crippen LogP contribution in [0.2, 0.25) is 5.02 Å². The molecule has 2 aliphatic rings. The van der Waals surface area contributed by atoms with Crippen molar-refractivity contribution >= 4 is 17.6 Å². The van der Waals surface area contributed by atoms with E-state index in [9.17, 15) is 4.79 Å². The molecule has 1 aromatic rings. The van der Waals surface area contributed by atoms with E-state index >= 15 is 0 Å². The van der Waals surface area contributed by atoms with E-state index in [0.717, 1.165) is 43.7 Å². The molecule has 0 aromatic heterocycles. The Morgan fingerprint density at radius 2 is 2.23 bits per heavy atom. The molecule has 120 valence electrons. The number of urea groups is 1. The number of aliphatic hydroxyl groups excluding tert-OH is 1. The molecule has 1 aliphatic heterocycles. The number of carbonyl (C=O) groups excluding carboxylic acids is 1. The van der Waals surface area contributed by atoms with Gasteiger partial charge < -0.3 is 15.3 Å². The minimum absolute atomic E-state index is 0.0236. The van der Waals surface area contributed by atoms with Gasteiger partial charge in [0.1, 0.15) is 0 Å². The molecule has 0 saturated heterocycles. The van der Waals surface area contributed by atoms with Gasteiger partial charge in [-0.1, -0.05) is 24.1 Å². The van der Waals surface area contributed by atoms with E-state index in [2.05, 4.69) is 5.32 Å². The average Bonchev–Trinajstić information content (AvgIpc) is 2.94. The maximum absolute atomic E-state index is 12.5. The highest BCUT2D eigenvalue weighted by Crippen LogP contribution is 2.29. The lowest BCUT2D eigenvalue weighted by Crippen LogP contribution is -2.47. The highest BCUT2D eigenvalue weighted by Gasteiger charge is 2.30. The fraction of sp³-hybridized carbons (Fsp3) is 0.588. The van der Waals surface area contributed by atoms with Gasteiger partial charge in [-0.15, -0.1) is 0 Å². The quantitative estimate of drug-likeness (QED) is 0.899. The molecule has 1 fully saturated rings. The number of carbonyl (C=O) groups is 1. The van der Waals surface area contributed by atoms with Crippen LogP contribution in [-0.2, 0) is 13.0 Å². The number of halogens is 1. The Morgan fingerprint density at radius 3 is 3.05 bits per heavy atom. The standard InChI is InChI=1S/C17H23ClN2O2/c18-15-5-4-14-11-20(8-6-13(14)10-15)17(22)19-16-3-1-2-12(16)7-9-21/h4-5,10,12,16,21H,1-3,6-9,11H2,(H,19,22). The van der Waals surface area contributed by atoms with Gasteiger partial charge in [-0.05, 0) is 54.9 Å². The van der Waals surface area contributed by atoms with Crippen molar-refractivity contribution in [3.05, 3.63) is 34.3 Å². The second-order valence-electron chi connectivity index (χ2n) is 6.34. The monoisotopic (exact) mass is 322 g/mol. The van der Waals surface area contributed by atoms with Crippen LogP contribution in [0.4, 0.5) is 4.79 Å². The van der Waals surface area contributed by atoms with Crippen molar-refractivity contribution in [2.24, 2.45) is 5.92 Å². The van der Waals surface area contributed by atoms with Gasteiger partial charge in [0, 0.05) is 30.8 Å². The summed E-state index contributed by atoms with van der Waals surface area (Å²) in [6.07, 6.45) is 4.90. The molecule has 1 aliphatic carbocycles. The van der Waals surface area contributed by atoms with E-state index in [1.807, 2.05) is 23.1 Å². The van der Waals surface area contributed by atoms with E-state index in [-0.39, 0.29) is 18.7 Å². The number of nitrogens with one attached hydrogen (secondary N) is 1. The third kappa shape index (κ3) is 3.39. The number of hydrogen-bond donors (Lipinski definition) is 2. The maximum Gasteiger partial charge on any atom is 0.317 e. The summed E-state index contributed by atoms with van der Waals surface area (Å²) >= 11 is 6.02. The van der Waals surface area contributed by atoms with Crippen molar-refractivity contribution in [3.63, 3.8) is 0 Å². The summed E-state index contributed by atoms with van der Waals surface area (Å²) in [6, 6.07) is 6.14. The molecule has 1 aromatic carbocycles. The molecule has 2 N–H and O–H groups in total. The van der Waals surface area contributed by atoms with Crippen molar-refractivity contribution in [1.29, 1.82) is 0 Å². The molecule has 0 spiro atoms. The molecule has 0 radical (unpaired) electrons. The Bertz CT molecular complexity index is 549. The molecule has 2 atom stereocenters. The Balaban J connectivity index is 1.60. The first-order valence-electron chi connectivity index (χ1n) is 8.11. The molecule has 2 unspecified atom stereocenters. The van der Waals surface area contributed by atoms with Gasteiger partial charge in [-0.2, -0.15) is 0 Å². The summed E-state index contributed by atoms with van der Waals surface area (Å²) in [7, 11) is 0. The molecule has 5 heteroatoms. The van der Waals surface area contributed by atoms with Crippen LogP contribution in [0, 0.1) is 5.92 Å². The van der Waals surface area contributed by atoms with Gasteiger partial charge in [0.25, 0.3) is 0 Å². The van der Waals surface area contributed by atoms with E-state index < -0.39 is 0 Å². The molecule has 1 heterocycles. The zero-order valence-electron chi connectivity index (χ0n) is 12.7. The lowest BCUT2D eigenvalue weighted by molar-refractivity contribution is 0.181. The average molecular weight is 323 g/mol. The van der Waals surface area contributed by atoms with Crippen LogP contribution >= 0.6 is 11.6 Å². The van der Waals surface area contributed by atoms with Gasteiger partial charge in [0.15, 0.2) is 0 Å². The summed E-state index contributed by atoms with van der Waals surface area (Å²) < 4.78 is 0. The topological polar surface area (TPSA) is 52.6 Å². The number of fused-ring (bicyclic) bond motifs is 1. The summed E-state index contributed by atoms with van der Waals surface area (Å²) in [5.74, 6) is 0.421. The molecular formula is C17H23ClN2O2. The maximum atomic E-state index is 12.5. The van der Waals surface area contributed by atoms with Gasteiger partial charge in [0.2, 0.25) is 0 Å². The molecule has 1 saturated carbocycles. The molecule has 2 amide bonds. The predicted molar refractivity (Wildman–Crippen MR) is 86.9 cm³/mol. The Morgan fingerprint density at radius 1 is 1.36 bits per heavy atom. The van der Waals surface area contributed by atoms with Crippen molar-refractivity contribution in [2.75, 3.05) is 13.2 Å². The number of benzene rings is 1. The predicted octanol–water partition coefficient (Wildman–Crippen LogP) is 2.96. The van der Waals surface area contributed by atoms with Crippen LogP contribution in [0.5, 0.6) is 0 Å². The van der Waals surface area contributed by atoms with Gasteiger partial charge >= 0.3 is 6.03 Å². The number of aliphatic hydroxyl groups is 1.